The molecule has 1 aliphatic carbocycles. The van der Waals surface area contributed by atoms with Gasteiger partial charge in [-0.1, -0.05) is 54.1 Å². The number of fused-ring (bicyclic) bond motifs is 1. The Hall–Kier alpha value is -4.50. The first kappa shape index (κ1) is 31.5. The van der Waals surface area contributed by atoms with Crippen molar-refractivity contribution < 1.29 is 19.1 Å². The Bertz CT molecular complexity index is 1570. The summed E-state index contributed by atoms with van der Waals surface area (Å²) < 4.78 is 6.26. The highest BCUT2D eigenvalue weighted by molar-refractivity contribution is 6.01. The van der Waals surface area contributed by atoms with Gasteiger partial charge in [-0.3, -0.25) is 19.4 Å². The molecule has 0 bridgehead atoms. The molecule has 3 aromatic rings. The van der Waals surface area contributed by atoms with Gasteiger partial charge in [0, 0.05) is 62.8 Å². The van der Waals surface area contributed by atoms with Crippen LogP contribution in [0.4, 0.5) is 0 Å². The molecule has 9 nitrogen and oxygen atoms in total. The predicted octanol–water partition coefficient (Wildman–Crippen LogP) is 4.72. The number of pyridine rings is 1. The highest BCUT2D eigenvalue weighted by Gasteiger charge is 2.45. The Morgan fingerprint density at radius 1 is 0.957 bits per heavy atom. The first-order chi connectivity index (χ1) is 22.5. The number of nitrogens with zero attached hydrogens (tertiary/aromatic N) is 4. The van der Waals surface area contributed by atoms with E-state index in [1.165, 1.54) is 12.0 Å². The molecule has 46 heavy (non-hydrogen) atoms. The maximum absolute atomic E-state index is 14.3. The van der Waals surface area contributed by atoms with Gasteiger partial charge in [-0.05, 0) is 68.5 Å². The summed E-state index contributed by atoms with van der Waals surface area (Å²) in [4.78, 5) is 51.8. The summed E-state index contributed by atoms with van der Waals surface area (Å²) >= 11 is 0. The fourth-order valence-corrected chi connectivity index (χ4v) is 6.81. The maximum atomic E-state index is 14.3. The lowest BCUT2D eigenvalue weighted by Gasteiger charge is -2.42. The molecule has 3 heterocycles. The van der Waals surface area contributed by atoms with Crippen LogP contribution in [-0.2, 0) is 16.1 Å². The summed E-state index contributed by atoms with van der Waals surface area (Å²) in [5.74, 6) is -0.534. The first-order valence-electron chi connectivity index (χ1n) is 16.4. The molecule has 2 aromatic carbocycles. The number of amides is 3. The van der Waals surface area contributed by atoms with Crippen molar-refractivity contribution in [2.24, 2.45) is 0 Å². The lowest BCUT2D eigenvalue weighted by molar-refractivity contribution is -0.135. The van der Waals surface area contributed by atoms with Gasteiger partial charge in [-0.2, -0.15) is 0 Å². The molecule has 3 amide bonds. The summed E-state index contributed by atoms with van der Waals surface area (Å²) in [6.07, 6.45) is 10.9. The van der Waals surface area contributed by atoms with Gasteiger partial charge in [0.25, 0.3) is 11.8 Å². The van der Waals surface area contributed by atoms with Crippen molar-refractivity contribution in [1.82, 2.24) is 25.0 Å². The zero-order valence-corrected chi connectivity index (χ0v) is 26.6. The molecular weight excluding hydrogens is 578 g/mol. The molecule has 1 fully saturated rings. The smallest absolute Gasteiger partial charge is 0.260 e. The van der Waals surface area contributed by atoms with Crippen LogP contribution < -0.4 is 10.1 Å². The Morgan fingerprint density at radius 2 is 1.74 bits per heavy atom. The van der Waals surface area contributed by atoms with Gasteiger partial charge in [0.2, 0.25) is 5.91 Å². The molecule has 1 aromatic heterocycles. The summed E-state index contributed by atoms with van der Waals surface area (Å²) in [6, 6.07) is 18.1. The van der Waals surface area contributed by atoms with Crippen LogP contribution in [0.3, 0.4) is 0 Å². The molecule has 9 heteroatoms. The number of aromatic nitrogens is 1. The molecule has 3 aliphatic rings. The van der Waals surface area contributed by atoms with Gasteiger partial charge >= 0.3 is 0 Å². The Morgan fingerprint density at radius 3 is 2.50 bits per heavy atom. The largest absolute Gasteiger partial charge is 0.483 e. The molecule has 2 atom stereocenters. The van der Waals surface area contributed by atoms with Crippen LogP contribution in [-0.4, -0.2) is 83.8 Å². The maximum Gasteiger partial charge on any atom is 0.260 e. The summed E-state index contributed by atoms with van der Waals surface area (Å²) in [7, 11) is 2.05. The van der Waals surface area contributed by atoms with Crippen molar-refractivity contribution in [3.05, 3.63) is 107 Å². The zero-order chi connectivity index (χ0) is 31.9. The van der Waals surface area contributed by atoms with Gasteiger partial charge in [-0.25, -0.2) is 0 Å². The molecule has 2 aliphatic heterocycles. The molecule has 1 N–H and O–H groups in total. The number of hydrogen-bond acceptors (Lipinski definition) is 6. The second-order valence-electron chi connectivity index (χ2n) is 12.5. The number of allylic oxidation sites excluding steroid dienone is 1. The van der Waals surface area contributed by atoms with Crippen LogP contribution >= 0.6 is 0 Å². The minimum Gasteiger partial charge on any atom is -0.483 e. The minimum atomic E-state index is -0.691. The van der Waals surface area contributed by atoms with E-state index >= 15 is 0 Å². The van der Waals surface area contributed by atoms with E-state index in [0.29, 0.717) is 43.1 Å². The molecule has 240 valence electrons. The van der Waals surface area contributed by atoms with E-state index in [0.717, 1.165) is 49.9 Å². The van der Waals surface area contributed by atoms with Crippen LogP contribution in [0.5, 0.6) is 5.75 Å². The van der Waals surface area contributed by atoms with Crippen molar-refractivity contribution in [3.8, 4) is 5.75 Å². The third-order valence-corrected chi connectivity index (χ3v) is 9.41. The molecule has 0 spiro atoms. The van der Waals surface area contributed by atoms with E-state index in [9.17, 15) is 14.4 Å². The standard InChI is InChI=1S/C37H43N5O4/c1-40-20-22-41(23-21-40)33(43)26-46-32-16-8-7-15-31(32)35-34(36(44)39-25-28-12-9-18-38-24-28)29-13-5-6-14-30(29)37(45)42(35)19-17-27-10-3-2-4-11-27/h5-10,12-16,18,24,34-35H,2-4,11,17,19-23,25-26H2,1H3,(H,39,44). The molecule has 2 unspecified atom stereocenters. The predicted molar refractivity (Wildman–Crippen MR) is 176 cm³/mol. The van der Waals surface area contributed by atoms with Crippen molar-refractivity contribution in [2.75, 3.05) is 46.4 Å². The molecule has 0 radical (unpaired) electrons. The molecular formula is C37H43N5O4. The summed E-state index contributed by atoms with van der Waals surface area (Å²) in [6.45, 7) is 3.67. The number of benzene rings is 2. The second kappa shape index (κ2) is 14.7. The number of rotatable bonds is 10. The summed E-state index contributed by atoms with van der Waals surface area (Å²) in [5.41, 5.74) is 4.20. The van der Waals surface area contributed by atoms with Crippen molar-refractivity contribution in [3.63, 3.8) is 0 Å². The number of carbonyl (C=O) groups is 3. The van der Waals surface area contributed by atoms with E-state index in [2.05, 4.69) is 28.3 Å². The number of carbonyl (C=O) groups excluding carboxylic acids is 3. The molecule has 1 saturated heterocycles. The van der Waals surface area contributed by atoms with Gasteiger partial charge in [0.15, 0.2) is 6.61 Å². The topological polar surface area (TPSA) is 95.1 Å². The van der Waals surface area contributed by atoms with Crippen LogP contribution in [0.15, 0.2) is 84.7 Å². The average Bonchev–Trinajstić information content (AvgIpc) is 3.10. The van der Waals surface area contributed by atoms with E-state index in [-0.39, 0.29) is 24.3 Å². The van der Waals surface area contributed by atoms with Gasteiger partial charge in [0.05, 0.1) is 12.0 Å². The highest BCUT2D eigenvalue weighted by Crippen LogP contribution is 2.46. The number of piperazine rings is 1. The number of ether oxygens (including phenoxy) is 1. The third kappa shape index (κ3) is 7.15. The first-order valence-corrected chi connectivity index (χ1v) is 16.4. The Balaban J connectivity index is 1.34. The van der Waals surface area contributed by atoms with Crippen LogP contribution in [0.25, 0.3) is 0 Å². The van der Waals surface area contributed by atoms with Crippen molar-refractivity contribution in [1.29, 1.82) is 0 Å². The quantitative estimate of drug-likeness (QED) is 0.329. The van der Waals surface area contributed by atoms with Crippen LogP contribution in [0.2, 0.25) is 0 Å². The highest BCUT2D eigenvalue weighted by atomic mass is 16.5. The van der Waals surface area contributed by atoms with E-state index in [1.807, 2.05) is 70.5 Å². The Labute approximate surface area is 271 Å². The van der Waals surface area contributed by atoms with Gasteiger partial charge in [-0.15, -0.1) is 0 Å². The summed E-state index contributed by atoms with van der Waals surface area (Å²) in [5, 5.41) is 3.13. The lowest BCUT2D eigenvalue weighted by atomic mass is 9.78. The van der Waals surface area contributed by atoms with Crippen molar-refractivity contribution in [2.45, 2.75) is 50.6 Å². The van der Waals surface area contributed by atoms with Crippen LogP contribution in [0.1, 0.15) is 71.1 Å². The number of hydrogen-bond donors (Lipinski definition) is 1. The van der Waals surface area contributed by atoms with Gasteiger partial charge in [0.1, 0.15) is 5.75 Å². The fourth-order valence-electron chi connectivity index (χ4n) is 6.81. The second-order valence-corrected chi connectivity index (χ2v) is 12.5. The SMILES string of the molecule is CN1CCN(C(=O)COc2ccccc2C2C(C(=O)NCc3cccnc3)c3ccccc3C(=O)N2CCC2=CCCCC2)CC1. The van der Waals surface area contributed by atoms with Gasteiger partial charge < -0.3 is 24.8 Å². The van der Waals surface area contributed by atoms with E-state index in [1.54, 1.807) is 12.4 Å². The normalized spacial score (nSPS) is 20.1. The van der Waals surface area contributed by atoms with Crippen LogP contribution in [0, 0.1) is 0 Å². The monoisotopic (exact) mass is 621 g/mol. The number of nitrogens with one attached hydrogen (secondary N) is 1. The lowest BCUT2D eigenvalue weighted by Crippen LogP contribution is -2.49. The van der Waals surface area contributed by atoms with E-state index < -0.39 is 12.0 Å². The number of para-hydroxylation sites is 1. The molecule has 0 saturated carbocycles. The fraction of sp³-hybridized carbons (Fsp3) is 0.405. The average molecular weight is 622 g/mol. The number of likely N-dealkylation sites (N-methyl/N-ethyl adjacent to an activating group) is 1. The Kier molecular flexibility index (Phi) is 10.1. The molecule has 6 rings (SSSR count). The zero-order valence-electron chi connectivity index (χ0n) is 26.6. The van der Waals surface area contributed by atoms with E-state index in [4.69, 9.17) is 4.74 Å². The minimum absolute atomic E-state index is 0.0696. The third-order valence-electron chi connectivity index (χ3n) is 9.41. The van der Waals surface area contributed by atoms with Crippen molar-refractivity contribution >= 4 is 17.7 Å².